The van der Waals surface area contributed by atoms with Gasteiger partial charge in [-0.25, -0.2) is 23.4 Å². The maximum atomic E-state index is 13.2. The van der Waals surface area contributed by atoms with Crippen LogP contribution >= 0.6 is 11.6 Å². The molecule has 7 nitrogen and oxygen atoms in total. The highest BCUT2D eigenvalue weighted by Gasteiger charge is 2.36. The van der Waals surface area contributed by atoms with E-state index in [1.165, 1.54) is 43.0 Å². The van der Waals surface area contributed by atoms with Gasteiger partial charge in [0.05, 0.1) is 28.2 Å². The van der Waals surface area contributed by atoms with Crippen LogP contribution in [-0.4, -0.2) is 54.5 Å². The molecule has 12 heteroatoms. The second kappa shape index (κ2) is 10.9. The van der Waals surface area contributed by atoms with E-state index >= 15 is 0 Å². The van der Waals surface area contributed by atoms with E-state index in [0.717, 1.165) is 6.07 Å². The number of rotatable bonds is 7. The molecule has 1 saturated carbocycles. The van der Waals surface area contributed by atoms with Gasteiger partial charge in [0, 0.05) is 18.3 Å². The van der Waals surface area contributed by atoms with Gasteiger partial charge in [-0.15, -0.1) is 0 Å². The van der Waals surface area contributed by atoms with Crippen molar-refractivity contribution in [1.82, 2.24) is 19.9 Å². The first kappa shape index (κ1) is 27.3. The quantitative estimate of drug-likeness (QED) is 0.398. The van der Waals surface area contributed by atoms with Gasteiger partial charge in [0.1, 0.15) is 17.3 Å². The second-order valence-corrected chi connectivity index (χ2v) is 11.6. The molecule has 0 saturated heterocycles. The summed E-state index contributed by atoms with van der Waals surface area (Å²) in [6.45, 7) is 0. The summed E-state index contributed by atoms with van der Waals surface area (Å²) >= 11 is 6.32. The molecule has 1 aliphatic rings. The number of hydrogen-bond donors (Lipinski definition) is 0. The van der Waals surface area contributed by atoms with Gasteiger partial charge >= 0.3 is 6.18 Å². The third kappa shape index (κ3) is 6.58. The van der Waals surface area contributed by atoms with Crippen LogP contribution in [0.5, 0.6) is 5.88 Å². The number of ether oxygens (including phenoxy) is 1. The van der Waals surface area contributed by atoms with E-state index in [2.05, 4.69) is 15.0 Å². The molecule has 0 spiro atoms. The van der Waals surface area contributed by atoms with E-state index < -0.39 is 21.6 Å². The predicted octanol–water partition coefficient (Wildman–Crippen LogP) is 5.16. The number of benzene rings is 1. The summed E-state index contributed by atoms with van der Waals surface area (Å²) in [7, 11) is -0.0233. The topological polar surface area (TPSA) is 85.3 Å². The average molecular weight is 555 g/mol. The van der Waals surface area contributed by atoms with Gasteiger partial charge in [-0.3, -0.25) is 0 Å². The zero-order valence-corrected chi connectivity index (χ0v) is 21.8. The molecular weight excluding hydrogens is 529 g/mol. The van der Waals surface area contributed by atoms with Crippen molar-refractivity contribution in [3.05, 3.63) is 77.0 Å². The maximum absolute atomic E-state index is 13.2. The molecule has 4 rings (SSSR count). The molecule has 3 aromatic rings. The zero-order chi connectivity index (χ0) is 26.8. The molecule has 1 fully saturated rings. The monoisotopic (exact) mass is 554 g/mol. The lowest BCUT2D eigenvalue weighted by molar-refractivity contribution is -0.137. The molecular formula is C25H26ClF3N4O3S. The van der Waals surface area contributed by atoms with Crippen LogP contribution < -0.4 is 4.74 Å². The highest BCUT2D eigenvalue weighted by Crippen LogP contribution is 2.39. The van der Waals surface area contributed by atoms with Crippen molar-refractivity contribution in [3.8, 4) is 5.88 Å². The number of aromatic nitrogens is 3. The van der Waals surface area contributed by atoms with Crippen LogP contribution in [0.15, 0.2) is 60.0 Å². The molecule has 0 amide bonds. The Balaban J connectivity index is 1.48. The van der Waals surface area contributed by atoms with Crippen LogP contribution in [0, 0.1) is 0 Å². The van der Waals surface area contributed by atoms with E-state index in [9.17, 15) is 21.6 Å². The minimum absolute atomic E-state index is 0.0156. The lowest BCUT2D eigenvalue weighted by atomic mass is 9.79. The van der Waals surface area contributed by atoms with Crippen LogP contribution in [0.3, 0.4) is 0 Å². The lowest BCUT2D eigenvalue weighted by Gasteiger charge is -2.39. The Morgan fingerprint density at radius 1 is 1.14 bits per heavy atom. The minimum Gasteiger partial charge on any atom is -0.473 e. The van der Waals surface area contributed by atoms with Crippen LogP contribution in [0.25, 0.3) is 0 Å². The highest BCUT2D eigenvalue weighted by molar-refractivity contribution is 7.90. The van der Waals surface area contributed by atoms with Crippen molar-refractivity contribution in [1.29, 1.82) is 0 Å². The molecule has 1 aliphatic carbocycles. The number of hydrogen-bond acceptors (Lipinski definition) is 7. The molecule has 3 atom stereocenters. The van der Waals surface area contributed by atoms with Gasteiger partial charge in [0.15, 0.2) is 9.84 Å². The van der Waals surface area contributed by atoms with Gasteiger partial charge in [-0.2, -0.15) is 13.2 Å². The molecule has 37 heavy (non-hydrogen) atoms. The van der Waals surface area contributed by atoms with Crippen molar-refractivity contribution in [3.63, 3.8) is 0 Å². The van der Waals surface area contributed by atoms with Gasteiger partial charge in [-0.05, 0) is 57.0 Å². The van der Waals surface area contributed by atoms with Crippen molar-refractivity contribution in [2.24, 2.45) is 0 Å². The van der Waals surface area contributed by atoms with E-state index in [1.807, 2.05) is 19.0 Å². The van der Waals surface area contributed by atoms with Crippen LogP contribution in [-0.2, 0) is 21.8 Å². The Kier molecular flexibility index (Phi) is 8.05. The van der Waals surface area contributed by atoms with Crippen LogP contribution in [0.1, 0.15) is 42.0 Å². The van der Waals surface area contributed by atoms with E-state index in [-0.39, 0.29) is 39.6 Å². The summed E-state index contributed by atoms with van der Waals surface area (Å²) in [5, 5.41) is -0.0156. The fraction of sp³-hybridized carbons (Fsp3) is 0.400. The molecule has 0 radical (unpaired) electrons. The van der Waals surface area contributed by atoms with Gasteiger partial charge in [0.2, 0.25) is 5.88 Å². The SMILES string of the molecule is CN(C)[C@H]1C[C@@H](c2cccc(C(F)(F)F)c2)CC[C@@H]1Oc1cc(Cl)c(S(=O)(=O)Cc2ccncn2)cn1. The summed E-state index contributed by atoms with van der Waals surface area (Å²) in [4.78, 5) is 13.8. The molecule has 0 aliphatic heterocycles. The third-order valence-corrected chi connectivity index (χ3v) is 8.58. The summed E-state index contributed by atoms with van der Waals surface area (Å²) in [5.41, 5.74) is 0.329. The Labute approximate surface area is 218 Å². The zero-order valence-electron chi connectivity index (χ0n) is 20.2. The van der Waals surface area contributed by atoms with E-state index in [1.54, 1.807) is 6.07 Å². The maximum Gasteiger partial charge on any atom is 0.416 e. The van der Waals surface area contributed by atoms with Gasteiger partial charge in [0.25, 0.3) is 0 Å². The first-order valence-electron chi connectivity index (χ1n) is 11.6. The summed E-state index contributed by atoms with van der Waals surface area (Å²) in [5.74, 6) is -0.222. The van der Waals surface area contributed by atoms with Crippen molar-refractivity contribution in [2.45, 2.75) is 54.2 Å². The fourth-order valence-electron chi connectivity index (χ4n) is 4.60. The first-order valence-corrected chi connectivity index (χ1v) is 13.6. The Bertz CT molecular complexity index is 1340. The van der Waals surface area contributed by atoms with Gasteiger partial charge in [-0.1, -0.05) is 29.8 Å². The number of nitrogens with zero attached hydrogens (tertiary/aromatic N) is 4. The largest absolute Gasteiger partial charge is 0.473 e. The summed E-state index contributed by atoms with van der Waals surface area (Å²) < 4.78 is 71.4. The van der Waals surface area contributed by atoms with E-state index in [4.69, 9.17) is 16.3 Å². The predicted molar refractivity (Wildman–Crippen MR) is 132 cm³/mol. The van der Waals surface area contributed by atoms with E-state index in [0.29, 0.717) is 30.5 Å². The Morgan fingerprint density at radius 2 is 1.92 bits per heavy atom. The molecule has 0 N–H and O–H groups in total. The Morgan fingerprint density at radius 3 is 2.57 bits per heavy atom. The number of pyridine rings is 1. The smallest absolute Gasteiger partial charge is 0.416 e. The van der Waals surface area contributed by atoms with Crippen LogP contribution in [0.4, 0.5) is 13.2 Å². The molecule has 2 aromatic heterocycles. The lowest BCUT2D eigenvalue weighted by Crippen LogP contribution is -2.46. The molecule has 198 valence electrons. The average Bonchev–Trinajstić information content (AvgIpc) is 2.84. The molecule has 0 unspecified atom stereocenters. The number of likely N-dealkylation sites (N-methyl/N-ethyl adjacent to an activating group) is 1. The first-order chi connectivity index (χ1) is 17.4. The van der Waals surface area contributed by atoms with Crippen molar-refractivity contribution in [2.75, 3.05) is 14.1 Å². The minimum atomic E-state index is -4.39. The standard InChI is InChI=1S/C25H26ClF3N4O3S/c1-33(2)21-11-17(16-4-3-5-18(10-16)25(27,28)29)6-7-22(21)36-24-12-20(26)23(13-31-24)37(34,35)14-19-8-9-30-15-32-19/h3-5,8-10,12-13,15,17,21-22H,6-7,11,14H2,1-2H3/t17-,21-,22-/m0/s1. The Hall–Kier alpha value is -2.76. The number of alkyl halides is 3. The molecule has 2 heterocycles. The number of halogens is 4. The summed E-state index contributed by atoms with van der Waals surface area (Å²) in [6.07, 6.45) is 1.01. The third-order valence-electron chi connectivity index (χ3n) is 6.49. The molecule has 0 bridgehead atoms. The fourth-order valence-corrected chi connectivity index (χ4v) is 6.38. The van der Waals surface area contributed by atoms with Crippen LogP contribution in [0.2, 0.25) is 5.02 Å². The van der Waals surface area contributed by atoms with Gasteiger partial charge < -0.3 is 9.64 Å². The normalized spacial score (nSPS) is 20.7. The van der Waals surface area contributed by atoms with Crippen molar-refractivity contribution >= 4 is 21.4 Å². The number of sulfone groups is 1. The second-order valence-electron chi connectivity index (χ2n) is 9.23. The summed E-state index contributed by atoms with van der Waals surface area (Å²) in [6, 6.07) is 8.26. The highest BCUT2D eigenvalue weighted by atomic mass is 35.5. The molecule has 1 aromatic carbocycles. The van der Waals surface area contributed by atoms with Crippen molar-refractivity contribution < 1.29 is 26.3 Å².